The molecule has 0 aliphatic heterocycles. The molecule has 0 fully saturated rings. The summed E-state index contributed by atoms with van der Waals surface area (Å²) in [6.45, 7) is 0.213. The van der Waals surface area contributed by atoms with Crippen LogP contribution in [0.2, 0.25) is 0 Å². The van der Waals surface area contributed by atoms with Gasteiger partial charge in [0.2, 0.25) is 0 Å². The van der Waals surface area contributed by atoms with Crippen LogP contribution in [0.25, 0.3) is 11.1 Å². The number of amides is 1. The molecule has 0 spiro atoms. The second-order valence-electron chi connectivity index (χ2n) is 6.84. The van der Waals surface area contributed by atoms with E-state index in [0.717, 1.165) is 22.3 Å². The summed E-state index contributed by atoms with van der Waals surface area (Å²) in [5.41, 5.74) is 5.04. The zero-order chi connectivity index (χ0) is 20.9. The van der Waals surface area contributed by atoms with Gasteiger partial charge in [0.05, 0.1) is 12.1 Å². The van der Waals surface area contributed by atoms with Gasteiger partial charge in [-0.1, -0.05) is 60.4 Å². The second-order valence-corrected chi connectivity index (χ2v) is 6.84. The molecule has 0 atom stereocenters. The van der Waals surface area contributed by atoms with Gasteiger partial charge < -0.3 is 10.1 Å². The molecule has 148 valence electrons. The summed E-state index contributed by atoms with van der Waals surface area (Å²) in [5.74, 6) is 4.74. The Balaban J connectivity index is 1.36. The minimum absolute atomic E-state index is 0.00142. The summed E-state index contributed by atoms with van der Waals surface area (Å²) < 4.78 is 19.1. The number of aldehydes is 1. The Morgan fingerprint density at radius 3 is 2.37 bits per heavy atom. The van der Waals surface area contributed by atoms with Gasteiger partial charge in [-0.3, -0.25) is 4.79 Å². The van der Waals surface area contributed by atoms with Crippen molar-refractivity contribution in [1.82, 2.24) is 5.32 Å². The van der Waals surface area contributed by atoms with E-state index in [1.165, 1.54) is 18.2 Å². The Morgan fingerprint density at radius 2 is 1.70 bits per heavy atom. The number of nitrogens with one attached hydrogen (secondary N) is 1. The van der Waals surface area contributed by atoms with Crippen molar-refractivity contribution in [2.24, 2.45) is 0 Å². The normalized spacial score (nSPS) is 11.6. The van der Waals surface area contributed by atoms with Crippen LogP contribution in [0.1, 0.15) is 33.0 Å². The van der Waals surface area contributed by atoms with Gasteiger partial charge in [-0.15, -0.1) is 0 Å². The number of ether oxygens (including phenoxy) is 1. The summed E-state index contributed by atoms with van der Waals surface area (Å²) in [5, 5.41) is 2.55. The number of halogens is 1. The highest BCUT2D eigenvalue weighted by Gasteiger charge is 2.28. The molecule has 4 rings (SSSR count). The molecule has 5 heteroatoms. The first kappa shape index (κ1) is 19.4. The maximum Gasteiger partial charge on any atom is 0.407 e. The van der Waals surface area contributed by atoms with E-state index in [9.17, 15) is 14.0 Å². The molecule has 0 radical (unpaired) electrons. The predicted molar refractivity (Wildman–Crippen MR) is 112 cm³/mol. The van der Waals surface area contributed by atoms with Crippen LogP contribution in [0.3, 0.4) is 0 Å². The molecule has 0 bridgehead atoms. The number of alkyl carbamates (subject to hydrolysis) is 1. The van der Waals surface area contributed by atoms with Crippen LogP contribution in [0, 0.1) is 17.7 Å². The first-order chi connectivity index (χ1) is 14.7. The highest BCUT2D eigenvalue weighted by Crippen LogP contribution is 2.44. The molecule has 3 aromatic carbocycles. The van der Waals surface area contributed by atoms with Gasteiger partial charge in [-0.25, -0.2) is 9.18 Å². The van der Waals surface area contributed by atoms with Crippen molar-refractivity contribution in [3.63, 3.8) is 0 Å². The van der Waals surface area contributed by atoms with Crippen molar-refractivity contribution in [2.75, 3.05) is 13.2 Å². The SMILES string of the molecule is O=Cc1ccc(F)c(C#CCNC(=O)OCC2c3ccccc3-c3ccccc32)c1. The van der Waals surface area contributed by atoms with Gasteiger partial charge in [0.1, 0.15) is 18.7 Å². The van der Waals surface area contributed by atoms with Crippen molar-refractivity contribution in [2.45, 2.75) is 5.92 Å². The Labute approximate surface area is 173 Å². The van der Waals surface area contributed by atoms with Crippen molar-refractivity contribution in [1.29, 1.82) is 0 Å². The minimum atomic E-state index is -0.590. The molecule has 1 N–H and O–H groups in total. The number of benzene rings is 3. The number of hydrogen-bond acceptors (Lipinski definition) is 3. The number of hydrogen-bond donors (Lipinski definition) is 1. The number of fused-ring (bicyclic) bond motifs is 3. The summed E-state index contributed by atoms with van der Waals surface area (Å²) >= 11 is 0. The zero-order valence-electron chi connectivity index (χ0n) is 16.0. The van der Waals surface area contributed by atoms with Crippen LogP contribution in [0.5, 0.6) is 0 Å². The fourth-order valence-corrected chi connectivity index (χ4v) is 3.62. The lowest BCUT2D eigenvalue weighted by Crippen LogP contribution is -2.26. The first-order valence-electron chi connectivity index (χ1n) is 9.50. The van der Waals surface area contributed by atoms with Gasteiger partial charge in [-0.05, 0) is 40.5 Å². The minimum Gasteiger partial charge on any atom is -0.449 e. The van der Waals surface area contributed by atoms with Gasteiger partial charge in [0, 0.05) is 11.5 Å². The molecule has 1 amide bonds. The summed E-state index contributed by atoms with van der Waals surface area (Å²) in [4.78, 5) is 22.9. The van der Waals surface area contributed by atoms with E-state index < -0.39 is 11.9 Å². The average molecular weight is 399 g/mol. The lowest BCUT2D eigenvalue weighted by Gasteiger charge is -2.14. The molecule has 0 saturated heterocycles. The van der Waals surface area contributed by atoms with E-state index in [1.807, 2.05) is 24.3 Å². The standard InChI is InChI=1S/C25H18FNO3/c26-24-12-11-17(15-28)14-18(24)6-5-13-27-25(29)30-16-23-21-9-3-1-7-19(21)20-8-2-4-10-22(20)23/h1-4,7-12,14-15,23H,13,16H2,(H,27,29). The van der Waals surface area contributed by atoms with Crippen LogP contribution < -0.4 is 5.32 Å². The topological polar surface area (TPSA) is 55.4 Å². The smallest absolute Gasteiger partial charge is 0.407 e. The first-order valence-corrected chi connectivity index (χ1v) is 9.50. The molecule has 0 aromatic heterocycles. The van der Waals surface area contributed by atoms with E-state index >= 15 is 0 Å². The second kappa shape index (κ2) is 8.62. The summed E-state index contributed by atoms with van der Waals surface area (Å²) in [6, 6.07) is 20.1. The number of rotatable bonds is 4. The van der Waals surface area contributed by atoms with Crippen molar-refractivity contribution in [3.8, 4) is 23.0 Å². The Morgan fingerprint density at radius 1 is 1.03 bits per heavy atom. The van der Waals surface area contributed by atoms with Crippen LogP contribution in [0.4, 0.5) is 9.18 Å². The largest absolute Gasteiger partial charge is 0.449 e. The quantitative estimate of drug-likeness (QED) is 0.518. The molecule has 30 heavy (non-hydrogen) atoms. The maximum atomic E-state index is 13.7. The van der Waals surface area contributed by atoms with Gasteiger partial charge in [0.15, 0.2) is 0 Å². The zero-order valence-corrected chi connectivity index (χ0v) is 16.0. The molecule has 0 unspecified atom stereocenters. The Hall–Kier alpha value is -3.91. The van der Waals surface area contributed by atoms with E-state index in [4.69, 9.17) is 4.74 Å². The predicted octanol–water partition coefficient (Wildman–Crippen LogP) is 4.53. The fraction of sp³-hybridized carbons (Fsp3) is 0.120. The third kappa shape index (κ3) is 3.94. The Kier molecular flexibility index (Phi) is 5.58. The van der Waals surface area contributed by atoms with E-state index in [0.29, 0.717) is 11.8 Å². The lowest BCUT2D eigenvalue weighted by molar-refractivity contribution is 0.112. The molecular weight excluding hydrogens is 381 g/mol. The Bertz CT molecular complexity index is 1130. The van der Waals surface area contributed by atoms with Crippen LogP contribution in [0.15, 0.2) is 66.7 Å². The number of carbonyl (C=O) groups is 2. The highest BCUT2D eigenvalue weighted by molar-refractivity contribution is 5.79. The third-order valence-electron chi connectivity index (χ3n) is 5.01. The molecule has 1 aliphatic rings. The van der Waals surface area contributed by atoms with Crippen LogP contribution in [-0.4, -0.2) is 25.5 Å². The summed E-state index contributed by atoms with van der Waals surface area (Å²) in [6.07, 6.45) is 0.0350. The third-order valence-corrected chi connectivity index (χ3v) is 5.01. The van der Waals surface area contributed by atoms with Gasteiger partial charge in [0.25, 0.3) is 0 Å². The summed E-state index contributed by atoms with van der Waals surface area (Å²) in [7, 11) is 0. The van der Waals surface area contributed by atoms with Crippen molar-refractivity contribution >= 4 is 12.4 Å². The molecular formula is C25H18FNO3. The van der Waals surface area contributed by atoms with Crippen molar-refractivity contribution < 1.29 is 18.7 Å². The molecule has 0 saturated carbocycles. The van der Waals surface area contributed by atoms with E-state index in [1.54, 1.807) is 0 Å². The van der Waals surface area contributed by atoms with Crippen LogP contribution in [-0.2, 0) is 4.74 Å². The fourth-order valence-electron chi connectivity index (χ4n) is 3.62. The number of carbonyl (C=O) groups excluding carboxylic acids is 2. The maximum absolute atomic E-state index is 13.7. The lowest BCUT2D eigenvalue weighted by atomic mass is 9.98. The molecule has 0 heterocycles. The van der Waals surface area contributed by atoms with E-state index in [-0.39, 0.29) is 24.6 Å². The molecule has 3 aromatic rings. The monoisotopic (exact) mass is 399 g/mol. The molecule has 1 aliphatic carbocycles. The van der Waals surface area contributed by atoms with Crippen LogP contribution >= 0.6 is 0 Å². The van der Waals surface area contributed by atoms with Crippen molar-refractivity contribution in [3.05, 3.63) is 94.8 Å². The van der Waals surface area contributed by atoms with Gasteiger partial charge in [-0.2, -0.15) is 0 Å². The van der Waals surface area contributed by atoms with E-state index in [2.05, 4.69) is 41.4 Å². The highest BCUT2D eigenvalue weighted by atomic mass is 19.1. The van der Waals surface area contributed by atoms with Gasteiger partial charge >= 0.3 is 6.09 Å². The molecule has 4 nitrogen and oxygen atoms in total. The average Bonchev–Trinajstić information content (AvgIpc) is 3.10.